The van der Waals surface area contributed by atoms with Crippen molar-refractivity contribution in [1.29, 1.82) is 0 Å². The number of ketones is 1. The van der Waals surface area contributed by atoms with E-state index in [2.05, 4.69) is 0 Å². The molecular formula is C12H15NO4. The standard InChI is InChI=1S/C12H15NO4/c1-7-3-4-11(17-2)8(5-7)10(14)6-9(13)12(15)16/h3-5,9H,6,13H2,1-2H3,(H,15,16). The summed E-state index contributed by atoms with van der Waals surface area (Å²) in [6.07, 6.45) is -0.241. The Kier molecular flexibility index (Phi) is 4.23. The molecule has 92 valence electrons. The molecule has 1 unspecified atom stereocenters. The van der Waals surface area contributed by atoms with Gasteiger partial charge in [-0.3, -0.25) is 9.59 Å². The first-order chi connectivity index (χ1) is 7.95. The van der Waals surface area contributed by atoms with Crippen LogP contribution < -0.4 is 10.5 Å². The first kappa shape index (κ1) is 13.2. The van der Waals surface area contributed by atoms with Crippen LogP contribution in [0.15, 0.2) is 18.2 Å². The average Bonchev–Trinajstić information content (AvgIpc) is 2.28. The number of aliphatic carboxylic acids is 1. The second-order valence-corrected chi connectivity index (χ2v) is 3.78. The van der Waals surface area contributed by atoms with Gasteiger partial charge in [-0.2, -0.15) is 0 Å². The van der Waals surface area contributed by atoms with E-state index in [9.17, 15) is 9.59 Å². The van der Waals surface area contributed by atoms with E-state index >= 15 is 0 Å². The van der Waals surface area contributed by atoms with Crippen LogP contribution in [0.3, 0.4) is 0 Å². The second-order valence-electron chi connectivity index (χ2n) is 3.78. The minimum Gasteiger partial charge on any atom is -0.496 e. The second kappa shape index (κ2) is 5.45. The smallest absolute Gasteiger partial charge is 0.320 e. The molecule has 5 heteroatoms. The summed E-state index contributed by atoms with van der Waals surface area (Å²) < 4.78 is 5.05. The van der Waals surface area contributed by atoms with Gasteiger partial charge in [-0.1, -0.05) is 11.6 Å². The summed E-state index contributed by atoms with van der Waals surface area (Å²) in [5.41, 5.74) is 6.59. The maximum Gasteiger partial charge on any atom is 0.320 e. The van der Waals surface area contributed by atoms with Crippen LogP contribution in [0.25, 0.3) is 0 Å². The van der Waals surface area contributed by atoms with E-state index in [4.69, 9.17) is 15.6 Å². The quantitative estimate of drug-likeness (QED) is 0.745. The average molecular weight is 237 g/mol. The summed E-state index contributed by atoms with van der Waals surface area (Å²) in [5, 5.41) is 8.65. The van der Waals surface area contributed by atoms with Crippen LogP contribution in [-0.4, -0.2) is 30.0 Å². The highest BCUT2D eigenvalue weighted by Crippen LogP contribution is 2.21. The normalized spacial score (nSPS) is 11.9. The molecule has 0 aliphatic carbocycles. The number of carbonyl (C=O) groups excluding carboxylic acids is 1. The predicted molar refractivity (Wildman–Crippen MR) is 62.3 cm³/mol. The fraction of sp³-hybridized carbons (Fsp3) is 0.333. The lowest BCUT2D eigenvalue weighted by Gasteiger charge is -2.10. The van der Waals surface area contributed by atoms with Crippen molar-refractivity contribution >= 4 is 11.8 Å². The molecule has 1 aromatic rings. The molecule has 0 aromatic heterocycles. The topological polar surface area (TPSA) is 89.6 Å². The van der Waals surface area contributed by atoms with Crippen LogP contribution in [-0.2, 0) is 4.79 Å². The fourth-order valence-corrected chi connectivity index (χ4v) is 1.44. The zero-order valence-electron chi connectivity index (χ0n) is 9.77. The number of hydrogen-bond acceptors (Lipinski definition) is 4. The Labute approximate surface area is 99.2 Å². The molecule has 5 nitrogen and oxygen atoms in total. The number of aryl methyl sites for hydroxylation is 1. The fourth-order valence-electron chi connectivity index (χ4n) is 1.44. The third-order valence-corrected chi connectivity index (χ3v) is 2.38. The van der Waals surface area contributed by atoms with Gasteiger partial charge in [-0.05, 0) is 19.1 Å². The number of rotatable bonds is 5. The highest BCUT2D eigenvalue weighted by molar-refractivity contribution is 6.01. The van der Waals surface area contributed by atoms with E-state index in [1.165, 1.54) is 7.11 Å². The molecule has 0 saturated carbocycles. The van der Waals surface area contributed by atoms with E-state index in [1.54, 1.807) is 12.1 Å². The molecule has 0 amide bonds. The van der Waals surface area contributed by atoms with Crippen molar-refractivity contribution in [3.05, 3.63) is 29.3 Å². The number of hydrogen-bond donors (Lipinski definition) is 2. The lowest BCUT2D eigenvalue weighted by atomic mass is 10.0. The predicted octanol–water partition coefficient (Wildman–Crippen LogP) is 0.988. The van der Waals surface area contributed by atoms with Crippen molar-refractivity contribution in [2.45, 2.75) is 19.4 Å². The van der Waals surface area contributed by atoms with Crippen molar-refractivity contribution in [1.82, 2.24) is 0 Å². The Morgan fingerprint density at radius 3 is 2.65 bits per heavy atom. The van der Waals surface area contributed by atoms with Gasteiger partial charge >= 0.3 is 5.97 Å². The number of carboxylic acids is 1. The Hall–Kier alpha value is -1.88. The van der Waals surface area contributed by atoms with Gasteiger partial charge in [-0.25, -0.2) is 0 Å². The van der Waals surface area contributed by atoms with Crippen molar-refractivity contribution in [2.24, 2.45) is 5.73 Å². The first-order valence-electron chi connectivity index (χ1n) is 5.12. The summed E-state index contributed by atoms with van der Waals surface area (Å²) >= 11 is 0. The molecule has 1 atom stereocenters. The van der Waals surface area contributed by atoms with E-state index in [-0.39, 0.29) is 12.2 Å². The van der Waals surface area contributed by atoms with Crippen molar-refractivity contribution in [3.8, 4) is 5.75 Å². The first-order valence-corrected chi connectivity index (χ1v) is 5.12. The zero-order chi connectivity index (χ0) is 13.0. The molecule has 1 aromatic carbocycles. The third-order valence-electron chi connectivity index (χ3n) is 2.38. The molecule has 0 aliphatic heterocycles. The van der Waals surface area contributed by atoms with Gasteiger partial charge in [0, 0.05) is 6.42 Å². The van der Waals surface area contributed by atoms with Gasteiger partial charge in [0.15, 0.2) is 5.78 Å². The molecule has 0 spiro atoms. The summed E-state index contributed by atoms with van der Waals surface area (Å²) in [6.45, 7) is 1.84. The lowest BCUT2D eigenvalue weighted by Crippen LogP contribution is -2.32. The Morgan fingerprint density at radius 2 is 2.12 bits per heavy atom. The molecule has 0 fully saturated rings. The Morgan fingerprint density at radius 1 is 1.47 bits per heavy atom. The van der Waals surface area contributed by atoms with Crippen molar-refractivity contribution < 1.29 is 19.4 Å². The number of ether oxygens (including phenoxy) is 1. The van der Waals surface area contributed by atoms with Crippen LogP contribution in [0.1, 0.15) is 22.3 Å². The highest BCUT2D eigenvalue weighted by Gasteiger charge is 2.20. The van der Waals surface area contributed by atoms with E-state index in [1.807, 2.05) is 13.0 Å². The third kappa shape index (κ3) is 3.29. The van der Waals surface area contributed by atoms with Gasteiger partial charge in [0.05, 0.1) is 12.7 Å². The number of benzene rings is 1. The summed E-state index contributed by atoms with van der Waals surface area (Å²) in [5.74, 6) is -1.09. The summed E-state index contributed by atoms with van der Waals surface area (Å²) in [6, 6.07) is 3.96. The molecule has 0 bridgehead atoms. The number of carboxylic acid groups (broad SMARTS) is 1. The Bertz CT molecular complexity index is 442. The number of nitrogens with two attached hydrogens (primary N) is 1. The molecule has 0 aliphatic rings. The lowest BCUT2D eigenvalue weighted by molar-refractivity contribution is -0.138. The molecule has 0 heterocycles. The Balaban J connectivity index is 2.95. The summed E-state index contributed by atoms with van der Waals surface area (Å²) in [7, 11) is 1.46. The van der Waals surface area contributed by atoms with Crippen molar-refractivity contribution in [2.75, 3.05) is 7.11 Å². The molecule has 17 heavy (non-hydrogen) atoms. The van der Waals surface area contributed by atoms with Crippen LogP contribution in [0.2, 0.25) is 0 Å². The van der Waals surface area contributed by atoms with Gasteiger partial charge in [0.25, 0.3) is 0 Å². The van der Waals surface area contributed by atoms with Crippen LogP contribution >= 0.6 is 0 Å². The van der Waals surface area contributed by atoms with Crippen LogP contribution in [0.4, 0.5) is 0 Å². The van der Waals surface area contributed by atoms with E-state index < -0.39 is 12.0 Å². The zero-order valence-corrected chi connectivity index (χ0v) is 9.77. The van der Waals surface area contributed by atoms with Crippen LogP contribution in [0, 0.1) is 6.92 Å². The number of Topliss-reactive ketones (excluding diaryl/α,β-unsaturated/α-hetero) is 1. The molecule has 1 rings (SSSR count). The largest absolute Gasteiger partial charge is 0.496 e. The SMILES string of the molecule is COc1ccc(C)cc1C(=O)CC(N)C(=O)O. The van der Waals surface area contributed by atoms with Gasteiger partial charge in [-0.15, -0.1) is 0 Å². The molecule has 0 saturated heterocycles. The van der Waals surface area contributed by atoms with E-state index in [0.717, 1.165) is 5.56 Å². The van der Waals surface area contributed by atoms with Gasteiger partial charge < -0.3 is 15.6 Å². The monoisotopic (exact) mass is 237 g/mol. The molecular weight excluding hydrogens is 222 g/mol. The maximum atomic E-state index is 11.9. The number of methoxy groups -OCH3 is 1. The van der Waals surface area contributed by atoms with Gasteiger partial charge in [0.1, 0.15) is 11.8 Å². The molecule has 3 N–H and O–H groups in total. The highest BCUT2D eigenvalue weighted by atomic mass is 16.5. The number of carbonyl (C=O) groups is 2. The van der Waals surface area contributed by atoms with Gasteiger partial charge in [0.2, 0.25) is 0 Å². The van der Waals surface area contributed by atoms with Crippen LogP contribution in [0.5, 0.6) is 5.75 Å². The minimum absolute atomic E-state index is 0.241. The minimum atomic E-state index is -1.19. The maximum absolute atomic E-state index is 11.9. The van der Waals surface area contributed by atoms with E-state index in [0.29, 0.717) is 11.3 Å². The van der Waals surface area contributed by atoms with Crippen molar-refractivity contribution in [3.63, 3.8) is 0 Å². The summed E-state index contributed by atoms with van der Waals surface area (Å²) in [4.78, 5) is 22.4. The molecule has 0 radical (unpaired) electrons.